The lowest BCUT2D eigenvalue weighted by molar-refractivity contribution is -0.148. The van der Waals surface area contributed by atoms with Crippen LogP contribution in [0.1, 0.15) is 26.2 Å². The van der Waals surface area contributed by atoms with E-state index in [1.165, 1.54) is 6.42 Å². The maximum atomic E-state index is 11.4. The molecule has 0 aromatic heterocycles. The van der Waals surface area contributed by atoms with Crippen molar-refractivity contribution in [2.24, 2.45) is 5.92 Å². The van der Waals surface area contributed by atoms with Crippen molar-refractivity contribution in [3.8, 4) is 0 Å². The van der Waals surface area contributed by atoms with Gasteiger partial charge in [0.2, 0.25) is 0 Å². The van der Waals surface area contributed by atoms with Gasteiger partial charge in [0.1, 0.15) is 0 Å². The number of ether oxygens (including phenoxy) is 1. The fraction of sp³-hybridized carbons (Fsp3) is 0.889. The average Bonchev–Trinajstić information content (AvgIpc) is 2.64. The SMILES string of the molecule is CCOC(=O)C1CC2CCC1N2.Cl. The van der Waals surface area contributed by atoms with E-state index in [9.17, 15) is 4.79 Å². The number of esters is 1. The van der Waals surface area contributed by atoms with Crippen molar-refractivity contribution in [1.82, 2.24) is 5.32 Å². The van der Waals surface area contributed by atoms with Gasteiger partial charge >= 0.3 is 5.97 Å². The van der Waals surface area contributed by atoms with E-state index in [0.717, 1.165) is 12.8 Å². The van der Waals surface area contributed by atoms with Crippen LogP contribution in [0.5, 0.6) is 0 Å². The Kier molecular flexibility index (Phi) is 3.56. The van der Waals surface area contributed by atoms with Crippen molar-refractivity contribution in [2.75, 3.05) is 6.61 Å². The Morgan fingerprint density at radius 1 is 1.54 bits per heavy atom. The monoisotopic (exact) mass is 205 g/mol. The molecule has 2 aliphatic heterocycles. The maximum absolute atomic E-state index is 11.4. The number of carbonyl (C=O) groups is 1. The molecule has 0 aromatic rings. The highest BCUT2D eigenvalue weighted by atomic mass is 35.5. The Morgan fingerprint density at radius 3 is 2.77 bits per heavy atom. The third kappa shape index (κ3) is 1.97. The van der Waals surface area contributed by atoms with E-state index in [1.54, 1.807) is 0 Å². The first-order valence-electron chi connectivity index (χ1n) is 4.74. The first-order chi connectivity index (χ1) is 5.81. The lowest BCUT2D eigenvalue weighted by atomic mass is 9.89. The fourth-order valence-electron chi connectivity index (χ4n) is 2.33. The van der Waals surface area contributed by atoms with Gasteiger partial charge in [-0.15, -0.1) is 12.4 Å². The van der Waals surface area contributed by atoms with E-state index in [2.05, 4.69) is 5.32 Å². The molecule has 0 radical (unpaired) electrons. The number of carbonyl (C=O) groups excluding carboxylic acids is 1. The smallest absolute Gasteiger partial charge is 0.310 e. The van der Waals surface area contributed by atoms with Gasteiger partial charge in [-0.05, 0) is 26.2 Å². The Morgan fingerprint density at radius 2 is 2.31 bits per heavy atom. The summed E-state index contributed by atoms with van der Waals surface area (Å²) >= 11 is 0. The second kappa shape index (κ2) is 4.29. The summed E-state index contributed by atoms with van der Waals surface area (Å²) in [5.74, 6) is 0.140. The molecule has 2 saturated heterocycles. The second-order valence-electron chi connectivity index (χ2n) is 3.64. The number of rotatable bonds is 2. The van der Waals surface area contributed by atoms with Gasteiger partial charge in [-0.1, -0.05) is 0 Å². The summed E-state index contributed by atoms with van der Waals surface area (Å²) in [6, 6.07) is 0.999. The summed E-state index contributed by atoms with van der Waals surface area (Å²) in [6.07, 6.45) is 3.37. The fourth-order valence-corrected chi connectivity index (χ4v) is 2.33. The number of hydrogen-bond acceptors (Lipinski definition) is 3. The third-order valence-electron chi connectivity index (χ3n) is 2.89. The first-order valence-corrected chi connectivity index (χ1v) is 4.74. The summed E-state index contributed by atoms with van der Waals surface area (Å²) in [6.45, 7) is 2.37. The van der Waals surface area contributed by atoms with Gasteiger partial charge in [0.15, 0.2) is 0 Å². The van der Waals surface area contributed by atoms with E-state index >= 15 is 0 Å². The molecule has 0 amide bonds. The van der Waals surface area contributed by atoms with Gasteiger partial charge in [0, 0.05) is 12.1 Å². The summed E-state index contributed by atoms with van der Waals surface area (Å²) in [4.78, 5) is 11.4. The molecule has 3 atom stereocenters. The molecule has 4 heteroatoms. The van der Waals surface area contributed by atoms with Crippen LogP contribution in [-0.2, 0) is 9.53 Å². The summed E-state index contributed by atoms with van der Waals surface area (Å²) in [7, 11) is 0. The van der Waals surface area contributed by atoms with Gasteiger partial charge < -0.3 is 10.1 Å². The molecule has 3 unspecified atom stereocenters. The molecule has 3 nitrogen and oxygen atoms in total. The molecule has 76 valence electrons. The molecule has 0 spiro atoms. The second-order valence-corrected chi connectivity index (χ2v) is 3.64. The van der Waals surface area contributed by atoms with Crippen LogP contribution in [0.25, 0.3) is 0 Å². The van der Waals surface area contributed by atoms with Crippen molar-refractivity contribution >= 4 is 18.4 Å². The quantitative estimate of drug-likeness (QED) is 0.687. The molecule has 2 heterocycles. The minimum atomic E-state index is -0.00259. The van der Waals surface area contributed by atoms with Crippen LogP contribution in [0, 0.1) is 5.92 Å². The highest BCUT2D eigenvalue weighted by Gasteiger charge is 2.43. The van der Waals surface area contributed by atoms with Crippen LogP contribution in [0.15, 0.2) is 0 Å². The number of nitrogens with one attached hydrogen (secondary N) is 1. The van der Waals surface area contributed by atoms with Gasteiger partial charge in [0.05, 0.1) is 12.5 Å². The van der Waals surface area contributed by atoms with E-state index in [1.807, 2.05) is 6.92 Å². The Labute approximate surface area is 84.6 Å². The average molecular weight is 206 g/mol. The maximum Gasteiger partial charge on any atom is 0.310 e. The van der Waals surface area contributed by atoms with Crippen LogP contribution in [0.4, 0.5) is 0 Å². The lowest BCUT2D eigenvalue weighted by Crippen LogP contribution is -2.30. The minimum absolute atomic E-state index is 0. The number of fused-ring (bicyclic) bond motifs is 2. The topological polar surface area (TPSA) is 38.3 Å². The zero-order valence-corrected chi connectivity index (χ0v) is 8.60. The standard InChI is InChI=1S/C9H15NO2.ClH/c1-2-12-9(11)7-5-6-3-4-8(7)10-6;/h6-8,10H,2-5H2,1H3;1H. The Hall–Kier alpha value is -0.280. The molecule has 0 aliphatic carbocycles. The van der Waals surface area contributed by atoms with Gasteiger partial charge in [-0.3, -0.25) is 4.79 Å². The largest absolute Gasteiger partial charge is 0.466 e. The van der Waals surface area contributed by atoms with Crippen molar-refractivity contribution in [3.05, 3.63) is 0 Å². The van der Waals surface area contributed by atoms with Crippen LogP contribution in [0.2, 0.25) is 0 Å². The van der Waals surface area contributed by atoms with Crippen molar-refractivity contribution in [1.29, 1.82) is 0 Å². The predicted molar refractivity (Wildman–Crippen MR) is 51.9 cm³/mol. The molecular weight excluding hydrogens is 190 g/mol. The molecule has 0 aromatic carbocycles. The minimum Gasteiger partial charge on any atom is -0.466 e. The van der Waals surface area contributed by atoms with Crippen LogP contribution < -0.4 is 5.32 Å². The number of halogens is 1. The Bertz CT molecular complexity index is 198. The summed E-state index contributed by atoms with van der Waals surface area (Å²) in [5, 5.41) is 3.42. The normalized spacial score (nSPS) is 35.6. The van der Waals surface area contributed by atoms with Crippen molar-refractivity contribution in [2.45, 2.75) is 38.3 Å². The molecule has 0 saturated carbocycles. The van der Waals surface area contributed by atoms with Gasteiger partial charge in [0.25, 0.3) is 0 Å². The predicted octanol–water partition coefficient (Wildman–Crippen LogP) is 1.11. The van der Waals surface area contributed by atoms with Crippen molar-refractivity contribution in [3.63, 3.8) is 0 Å². The van der Waals surface area contributed by atoms with Crippen LogP contribution in [0.3, 0.4) is 0 Å². The first kappa shape index (κ1) is 10.8. The van der Waals surface area contributed by atoms with Gasteiger partial charge in [-0.2, -0.15) is 0 Å². The molecular formula is C9H16ClNO2. The number of hydrogen-bond donors (Lipinski definition) is 1. The zero-order chi connectivity index (χ0) is 8.55. The molecule has 2 rings (SSSR count). The highest BCUT2D eigenvalue weighted by Crippen LogP contribution is 2.33. The van der Waals surface area contributed by atoms with Crippen molar-refractivity contribution < 1.29 is 9.53 Å². The van der Waals surface area contributed by atoms with E-state index in [-0.39, 0.29) is 24.3 Å². The van der Waals surface area contributed by atoms with E-state index in [4.69, 9.17) is 4.74 Å². The molecule has 13 heavy (non-hydrogen) atoms. The van der Waals surface area contributed by atoms with E-state index in [0.29, 0.717) is 18.7 Å². The molecule has 2 aliphatic rings. The molecule has 2 fully saturated rings. The third-order valence-corrected chi connectivity index (χ3v) is 2.89. The molecule has 1 N–H and O–H groups in total. The Balaban J connectivity index is 0.000000845. The molecule has 2 bridgehead atoms. The lowest BCUT2D eigenvalue weighted by Gasteiger charge is -2.17. The zero-order valence-electron chi connectivity index (χ0n) is 7.79. The highest BCUT2D eigenvalue weighted by molar-refractivity contribution is 5.85. The van der Waals surface area contributed by atoms with Crippen LogP contribution >= 0.6 is 12.4 Å². The van der Waals surface area contributed by atoms with E-state index < -0.39 is 0 Å². The summed E-state index contributed by atoms with van der Waals surface area (Å²) in [5.41, 5.74) is 0. The van der Waals surface area contributed by atoms with Crippen LogP contribution in [-0.4, -0.2) is 24.7 Å². The van der Waals surface area contributed by atoms with Gasteiger partial charge in [-0.25, -0.2) is 0 Å². The summed E-state index contributed by atoms with van der Waals surface area (Å²) < 4.78 is 5.00.